The highest BCUT2D eigenvalue weighted by atomic mass is 32.1. The molecule has 2 heterocycles. The Bertz CT molecular complexity index is 318. The summed E-state index contributed by atoms with van der Waals surface area (Å²) in [6.45, 7) is 0. The molecule has 4 nitrogen and oxygen atoms in total. The molecular weight excluding hydrogens is 160 g/mol. The molecule has 2 rings (SSSR count). The van der Waals surface area contributed by atoms with Gasteiger partial charge in [-0.2, -0.15) is 0 Å². The van der Waals surface area contributed by atoms with E-state index in [1.165, 1.54) is 24.0 Å². The van der Waals surface area contributed by atoms with Crippen molar-refractivity contribution in [2.24, 2.45) is 0 Å². The Kier molecular flexibility index (Phi) is 1.57. The largest absolute Gasteiger partial charge is 0.241 e. The lowest BCUT2D eigenvalue weighted by atomic mass is 10.5. The molecule has 0 fully saturated rings. The molecular formula is C6H4N4S. The first-order valence-electron chi connectivity index (χ1n) is 2.97. The third kappa shape index (κ3) is 1.22. The van der Waals surface area contributed by atoms with Crippen molar-refractivity contribution in [3.63, 3.8) is 0 Å². The van der Waals surface area contributed by atoms with Crippen molar-refractivity contribution in [2.45, 2.75) is 0 Å². The van der Waals surface area contributed by atoms with Gasteiger partial charge in [-0.3, -0.25) is 0 Å². The zero-order valence-electron chi connectivity index (χ0n) is 5.51. The summed E-state index contributed by atoms with van der Waals surface area (Å²) in [7, 11) is 0. The molecule has 0 spiro atoms. The van der Waals surface area contributed by atoms with Gasteiger partial charge in [0.1, 0.15) is 18.3 Å². The summed E-state index contributed by atoms with van der Waals surface area (Å²) in [6, 6.07) is 0. The predicted molar refractivity (Wildman–Crippen MR) is 40.9 cm³/mol. The predicted octanol–water partition coefficient (Wildman–Crippen LogP) is 0.995. The molecule has 0 amide bonds. The van der Waals surface area contributed by atoms with Crippen molar-refractivity contribution in [1.29, 1.82) is 0 Å². The maximum atomic E-state index is 4.05. The van der Waals surface area contributed by atoms with Crippen molar-refractivity contribution in [3.8, 4) is 11.5 Å². The van der Waals surface area contributed by atoms with E-state index in [1.54, 1.807) is 5.51 Å². The Hall–Kier alpha value is -1.36. The van der Waals surface area contributed by atoms with Gasteiger partial charge in [0, 0.05) is 5.38 Å². The fraction of sp³-hybridized carbons (Fsp3) is 0. The van der Waals surface area contributed by atoms with E-state index in [-0.39, 0.29) is 0 Å². The van der Waals surface area contributed by atoms with Crippen LogP contribution in [0.1, 0.15) is 0 Å². The fourth-order valence-corrected chi connectivity index (χ4v) is 1.22. The van der Waals surface area contributed by atoms with Crippen molar-refractivity contribution in [3.05, 3.63) is 23.5 Å². The first-order chi connectivity index (χ1) is 5.47. The molecule has 0 radical (unpaired) electrons. The van der Waals surface area contributed by atoms with Crippen LogP contribution in [0.4, 0.5) is 0 Å². The summed E-state index contributed by atoms with van der Waals surface area (Å²) in [5, 5.41) is 1.90. The van der Waals surface area contributed by atoms with Gasteiger partial charge in [-0.15, -0.1) is 11.3 Å². The molecule has 0 unspecified atom stereocenters. The Balaban J connectivity index is 2.46. The van der Waals surface area contributed by atoms with E-state index in [1.807, 2.05) is 5.38 Å². The molecule has 0 aliphatic heterocycles. The van der Waals surface area contributed by atoms with E-state index in [2.05, 4.69) is 19.9 Å². The number of thiazole rings is 1. The summed E-state index contributed by atoms with van der Waals surface area (Å²) in [6.07, 6.45) is 2.92. The van der Waals surface area contributed by atoms with Crippen LogP contribution in [0.25, 0.3) is 11.5 Å². The van der Waals surface area contributed by atoms with E-state index in [9.17, 15) is 0 Å². The maximum Gasteiger partial charge on any atom is 0.181 e. The quantitative estimate of drug-likeness (QED) is 0.630. The minimum Gasteiger partial charge on any atom is -0.241 e. The summed E-state index contributed by atoms with van der Waals surface area (Å²) < 4.78 is 0. The molecule has 0 bridgehead atoms. The second-order valence-corrected chi connectivity index (χ2v) is 2.55. The molecule has 0 atom stereocenters. The second kappa shape index (κ2) is 2.71. The number of nitrogens with zero attached hydrogens (tertiary/aromatic N) is 4. The zero-order valence-corrected chi connectivity index (χ0v) is 6.32. The molecule has 0 aliphatic rings. The average Bonchev–Trinajstić information content (AvgIpc) is 2.58. The molecule has 0 saturated heterocycles. The van der Waals surface area contributed by atoms with Gasteiger partial charge in [-0.1, -0.05) is 0 Å². The van der Waals surface area contributed by atoms with Crippen molar-refractivity contribution in [2.75, 3.05) is 0 Å². The normalized spacial score (nSPS) is 9.82. The summed E-state index contributed by atoms with van der Waals surface area (Å²) in [4.78, 5) is 15.6. The lowest BCUT2D eigenvalue weighted by Crippen LogP contribution is -1.87. The third-order valence-electron chi connectivity index (χ3n) is 1.15. The summed E-state index contributed by atoms with van der Waals surface area (Å²) in [5.74, 6) is 0.626. The van der Waals surface area contributed by atoms with Crippen LogP contribution >= 0.6 is 11.3 Å². The SMILES string of the molecule is c1ncnc(-c2cscn2)n1. The number of rotatable bonds is 1. The number of aromatic nitrogens is 4. The van der Waals surface area contributed by atoms with E-state index < -0.39 is 0 Å². The van der Waals surface area contributed by atoms with Gasteiger partial charge in [-0.05, 0) is 0 Å². The first-order valence-corrected chi connectivity index (χ1v) is 3.91. The van der Waals surface area contributed by atoms with Crippen LogP contribution in [-0.2, 0) is 0 Å². The minimum atomic E-state index is 0.626. The molecule has 0 N–H and O–H groups in total. The van der Waals surface area contributed by atoms with Gasteiger partial charge in [0.25, 0.3) is 0 Å². The first kappa shape index (κ1) is 6.36. The highest BCUT2D eigenvalue weighted by molar-refractivity contribution is 7.07. The van der Waals surface area contributed by atoms with Crippen LogP contribution in [0.3, 0.4) is 0 Å². The van der Waals surface area contributed by atoms with Crippen molar-refractivity contribution >= 4 is 11.3 Å². The average molecular weight is 164 g/mol. The summed E-state index contributed by atoms with van der Waals surface area (Å²) >= 11 is 1.52. The maximum absolute atomic E-state index is 4.05. The van der Waals surface area contributed by atoms with Gasteiger partial charge in [0.2, 0.25) is 0 Å². The smallest absolute Gasteiger partial charge is 0.181 e. The fourth-order valence-electron chi connectivity index (χ4n) is 0.694. The lowest BCUT2D eigenvalue weighted by molar-refractivity contribution is 1.05. The van der Waals surface area contributed by atoms with Crippen LogP contribution in [-0.4, -0.2) is 19.9 Å². The topological polar surface area (TPSA) is 51.6 Å². The zero-order chi connectivity index (χ0) is 7.52. The monoisotopic (exact) mass is 164 g/mol. The van der Waals surface area contributed by atoms with Gasteiger partial charge < -0.3 is 0 Å². The molecule has 0 aliphatic carbocycles. The molecule has 11 heavy (non-hydrogen) atoms. The summed E-state index contributed by atoms with van der Waals surface area (Å²) in [5.41, 5.74) is 2.55. The Morgan fingerprint density at radius 3 is 2.55 bits per heavy atom. The minimum absolute atomic E-state index is 0.626. The van der Waals surface area contributed by atoms with E-state index in [0.717, 1.165) is 5.69 Å². The molecule has 0 aromatic carbocycles. The second-order valence-electron chi connectivity index (χ2n) is 1.84. The molecule has 5 heteroatoms. The number of hydrogen-bond acceptors (Lipinski definition) is 5. The lowest BCUT2D eigenvalue weighted by Gasteiger charge is -1.89. The molecule has 54 valence electrons. The van der Waals surface area contributed by atoms with E-state index in [4.69, 9.17) is 0 Å². The van der Waals surface area contributed by atoms with Crippen LogP contribution < -0.4 is 0 Å². The Labute approximate surface area is 67.0 Å². The van der Waals surface area contributed by atoms with Gasteiger partial charge in [-0.25, -0.2) is 19.9 Å². The Morgan fingerprint density at radius 2 is 1.91 bits per heavy atom. The van der Waals surface area contributed by atoms with E-state index in [0.29, 0.717) is 5.82 Å². The van der Waals surface area contributed by atoms with E-state index >= 15 is 0 Å². The third-order valence-corrected chi connectivity index (χ3v) is 1.74. The molecule has 2 aromatic heterocycles. The van der Waals surface area contributed by atoms with Crippen LogP contribution in [0, 0.1) is 0 Å². The Morgan fingerprint density at radius 1 is 1.09 bits per heavy atom. The van der Waals surface area contributed by atoms with Crippen molar-refractivity contribution < 1.29 is 0 Å². The van der Waals surface area contributed by atoms with Crippen LogP contribution in [0.15, 0.2) is 23.5 Å². The van der Waals surface area contributed by atoms with Gasteiger partial charge in [0.15, 0.2) is 5.82 Å². The standard InChI is InChI=1S/C6H4N4S/c1-5(10-4-11-1)6-8-2-7-3-9-6/h1-4H. The molecule has 2 aromatic rings. The highest BCUT2D eigenvalue weighted by Gasteiger charge is 1.99. The highest BCUT2D eigenvalue weighted by Crippen LogP contribution is 2.11. The number of hydrogen-bond donors (Lipinski definition) is 0. The van der Waals surface area contributed by atoms with Crippen LogP contribution in [0.2, 0.25) is 0 Å². The van der Waals surface area contributed by atoms with Gasteiger partial charge >= 0.3 is 0 Å². The van der Waals surface area contributed by atoms with Gasteiger partial charge in [0.05, 0.1) is 5.51 Å². The van der Waals surface area contributed by atoms with Crippen molar-refractivity contribution in [1.82, 2.24) is 19.9 Å². The molecule has 0 saturated carbocycles. The van der Waals surface area contributed by atoms with Crippen LogP contribution in [0.5, 0.6) is 0 Å².